The molecular weight excluding hydrogens is 597 g/mol. The van der Waals surface area contributed by atoms with Crippen molar-refractivity contribution in [3.05, 3.63) is 100 Å². The van der Waals surface area contributed by atoms with Gasteiger partial charge in [0, 0.05) is 23.5 Å². The molecule has 3 aromatic rings. The normalized spacial score (nSPS) is 14.5. The zero-order chi connectivity index (χ0) is 28.7. The minimum absolute atomic E-state index is 0.00224. The third kappa shape index (κ3) is 7.91. The van der Waals surface area contributed by atoms with Gasteiger partial charge in [-0.15, -0.1) is 0 Å². The molecule has 7 nitrogen and oxygen atoms in total. The Morgan fingerprint density at radius 2 is 1.57 bits per heavy atom. The fourth-order valence-electron chi connectivity index (χ4n) is 4.96. The van der Waals surface area contributed by atoms with Gasteiger partial charge in [-0.3, -0.25) is 13.9 Å². The van der Waals surface area contributed by atoms with Gasteiger partial charge in [-0.05, 0) is 64.2 Å². The standard InChI is InChI=1S/C30H33BrFN3O4S/c1-40(38,39)35(27-14-8-7-13-26(27)31)21-29(36)34(20-23-15-17-24(32)18-16-23)28(19-22-9-3-2-4-10-22)30(37)33-25-11-5-6-12-25/h2-4,7-10,13-18,25,28H,5-6,11-12,19-21H2,1H3,(H,33,37). The molecule has 0 bridgehead atoms. The molecule has 0 saturated heterocycles. The molecule has 1 unspecified atom stereocenters. The number of sulfonamides is 1. The first-order valence-electron chi connectivity index (χ1n) is 13.2. The summed E-state index contributed by atoms with van der Waals surface area (Å²) < 4.78 is 41.0. The van der Waals surface area contributed by atoms with Gasteiger partial charge in [-0.2, -0.15) is 0 Å². The number of hydrogen-bond acceptors (Lipinski definition) is 4. The van der Waals surface area contributed by atoms with Gasteiger partial charge in [0.15, 0.2) is 0 Å². The number of rotatable bonds is 11. The summed E-state index contributed by atoms with van der Waals surface area (Å²) in [7, 11) is -3.87. The van der Waals surface area contributed by atoms with Crippen LogP contribution in [0, 0.1) is 5.82 Å². The molecular formula is C30H33BrFN3O4S. The maximum absolute atomic E-state index is 14.1. The van der Waals surface area contributed by atoms with E-state index in [2.05, 4.69) is 21.2 Å². The Morgan fingerprint density at radius 1 is 0.950 bits per heavy atom. The number of nitrogens with one attached hydrogen (secondary N) is 1. The van der Waals surface area contributed by atoms with Crippen molar-refractivity contribution in [2.24, 2.45) is 0 Å². The van der Waals surface area contributed by atoms with Crippen molar-refractivity contribution < 1.29 is 22.4 Å². The van der Waals surface area contributed by atoms with Gasteiger partial charge in [0.2, 0.25) is 21.8 Å². The topological polar surface area (TPSA) is 86.8 Å². The van der Waals surface area contributed by atoms with Crippen molar-refractivity contribution in [3.63, 3.8) is 0 Å². The molecule has 1 fully saturated rings. The fourth-order valence-corrected chi connectivity index (χ4v) is 6.43. The summed E-state index contributed by atoms with van der Waals surface area (Å²) in [6.45, 7) is -0.507. The first kappa shape index (κ1) is 29.7. The van der Waals surface area contributed by atoms with Crippen molar-refractivity contribution in [2.45, 2.75) is 50.7 Å². The van der Waals surface area contributed by atoms with Gasteiger partial charge in [0.05, 0.1) is 11.9 Å². The van der Waals surface area contributed by atoms with Gasteiger partial charge in [-0.1, -0.05) is 67.4 Å². The summed E-state index contributed by atoms with van der Waals surface area (Å²) in [5.41, 5.74) is 1.79. The van der Waals surface area contributed by atoms with E-state index in [1.54, 1.807) is 36.4 Å². The smallest absolute Gasteiger partial charge is 0.244 e. The lowest BCUT2D eigenvalue weighted by atomic mass is 10.0. The molecule has 2 amide bonds. The molecule has 0 spiro atoms. The Bertz CT molecular complexity index is 1410. The molecule has 1 saturated carbocycles. The van der Waals surface area contributed by atoms with Crippen LogP contribution in [0.4, 0.5) is 10.1 Å². The van der Waals surface area contributed by atoms with Crippen molar-refractivity contribution >= 4 is 43.5 Å². The van der Waals surface area contributed by atoms with Crippen molar-refractivity contribution in [2.75, 3.05) is 17.1 Å². The predicted octanol–water partition coefficient (Wildman–Crippen LogP) is 5.05. The number of amides is 2. The number of carbonyl (C=O) groups is 2. The average Bonchev–Trinajstić information content (AvgIpc) is 3.43. The van der Waals surface area contributed by atoms with Gasteiger partial charge >= 0.3 is 0 Å². The molecule has 1 aliphatic rings. The number of halogens is 2. The molecule has 1 aliphatic carbocycles. The molecule has 0 heterocycles. The highest BCUT2D eigenvalue weighted by atomic mass is 79.9. The summed E-state index contributed by atoms with van der Waals surface area (Å²) in [6, 6.07) is 21.0. The predicted molar refractivity (Wildman–Crippen MR) is 158 cm³/mol. The van der Waals surface area contributed by atoms with E-state index in [1.165, 1.54) is 17.0 Å². The molecule has 4 rings (SSSR count). The van der Waals surface area contributed by atoms with Gasteiger partial charge < -0.3 is 10.2 Å². The van der Waals surface area contributed by atoms with Crippen molar-refractivity contribution in [1.29, 1.82) is 0 Å². The average molecular weight is 631 g/mol. The maximum atomic E-state index is 14.1. The number of hydrogen-bond donors (Lipinski definition) is 1. The Balaban J connectivity index is 1.72. The second-order valence-corrected chi connectivity index (χ2v) is 12.8. The number of para-hydroxylation sites is 1. The minimum Gasteiger partial charge on any atom is -0.352 e. The molecule has 3 aromatic carbocycles. The van der Waals surface area contributed by atoms with Crippen LogP contribution < -0.4 is 9.62 Å². The first-order chi connectivity index (χ1) is 19.1. The van der Waals surface area contributed by atoms with E-state index in [4.69, 9.17) is 0 Å². The molecule has 1 atom stereocenters. The SMILES string of the molecule is CS(=O)(=O)N(CC(=O)N(Cc1ccc(F)cc1)C(Cc1ccccc1)C(=O)NC1CCCC1)c1ccccc1Br. The summed E-state index contributed by atoms with van der Waals surface area (Å²) in [6.07, 6.45) is 5.08. The highest BCUT2D eigenvalue weighted by Gasteiger charge is 2.34. The molecule has 0 radical (unpaired) electrons. The molecule has 40 heavy (non-hydrogen) atoms. The van der Waals surface area contributed by atoms with Crippen LogP contribution in [-0.2, 0) is 32.6 Å². The summed E-state index contributed by atoms with van der Waals surface area (Å²) in [4.78, 5) is 29.3. The first-order valence-corrected chi connectivity index (χ1v) is 15.9. The molecule has 212 valence electrons. The summed E-state index contributed by atoms with van der Waals surface area (Å²) in [5.74, 6) is -1.26. The van der Waals surface area contributed by atoms with Crippen molar-refractivity contribution in [1.82, 2.24) is 10.2 Å². The second-order valence-electron chi connectivity index (χ2n) is 10.1. The van der Waals surface area contributed by atoms with Crippen molar-refractivity contribution in [3.8, 4) is 0 Å². The number of nitrogens with zero attached hydrogens (tertiary/aromatic N) is 2. The lowest BCUT2D eigenvalue weighted by Crippen LogP contribution is -2.54. The van der Waals surface area contributed by atoms with E-state index < -0.39 is 34.3 Å². The Morgan fingerprint density at radius 3 is 2.20 bits per heavy atom. The lowest BCUT2D eigenvalue weighted by Gasteiger charge is -2.34. The fraction of sp³-hybridized carbons (Fsp3) is 0.333. The third-order valence-corrected chi connectivity index (χ3v) is 8.84. The highest BCUT2D eigenvalue weighted by molar-refractivity contribution is 9.10. The Hall–Kier alpha value is -3.24. The second kappa shape index (κ2) is 13.4. The van der Waals surface area contributed by atoms with Crippen LogP contribution in [-0.4, -0.2) is 50.0 Å². The zero-order valence-corrected chi connectivity index (χ0v) is 24.7. The zero-order valence-electron chi connectivity index (χ0n) is 22.3. The minimum atomic E-state index is -3.87. The summed E-state index contributed by atoms with van der Waals surface area (Å²) >= 11 is 3.39. The molecule has 10 heteroatoms. The maximum Gasteiger partial charge on any atom is 0.244 e. The van der Waals surface area contributed by atoms with Crippen LogP contribution in [0.15, 0.2) is 83.3 Å². The van der Waals surface area contributed by atoms with E-state index in [9.17, 15) is 22.4 Å². The summed E-state index contributed by atoms with van der Waals surface area (Å²) in [5, 5.41) is 3.12. The van der Waals surface area contributed by atoms with Gasteiger partial charge in [0.25, 0.3) is 0 Å². The lowest BCUT2D eigenvalue weighted by molar-refractivity contribution is -0.140. The monoisotopic (exact) mass is 629 g/mol. The van der Waals surface area contributed by atoms with E-state index in [1.807, 2.05) is 30.3 Å². The molecule has 0 aromatic heterocycles. The van der Waals surface area contributed by atoms with Crippen LogP contribution in [0.3, 0.4) is 0 Å². The van der Waals surface area contributed by atoms with Crippen LogP contribution >= 0.6 is 15.9 Å². The van der Waals surface area contributed by atoms with Gasteiger partial charge in [0.1, 0.15) is 18.4 Å². The third-order valence-electron chi connectivity index (χ3n) is 7.04. The number of benzene rings is 3. The van der Waals surface area contributed by atoms with Crippen LogP contribution in [0.5, 0.6) is 0 Å². The quantitative estimate of drug-likeness (QED) is 0.321. The van der Waals surface area contributed by atoms with Crippen LogP contribution in [0.1, 0.15) is 36.8 Å². The number of anilines is 1. The van der Waals surface area contributed by atoms with Gasteiger partial charge in [-0.25, -0.2) is 12.8 Å². The number of carbonyl (C=O) groups excluding carboxylic acids is 2. The van der Waals surface area contributed by atoms with Crippen LogP contribution in [0.25, 0.3) is 0 Å². The highest BCUT2D eigenvalue weighted by Crippen LogP contribution is 2.28. The van der Waals surface area contributed by atoms with Crippen LogP contribution in [0.2, 0.25) is 0 Å². The van der Waals surface area contributed by atoms with E-state index in [0.29, 0.717) is 15.7 Å². The van der Waals surface area contributed by atoms with E-state index >= 15 is 0 Å². The largest absolute Gasteiger partial charge is 0.352 e. The molecule has 1 N–H and O–H groups in total. The van der Waals surface area contributed by atoms with E-state index in [-0.39, 0.29) is 24.9 Å². The Labute approximate surface area is 243 Å². The van der Waals surface area contributed by atoms with E-state index in [0.717, 1.165) is 41.8 Å². The Kier molecular flexibility index (Phi) is 9.97. The molecule has 0 aliphatic heterocycles.